The van der Waals surface area contributed by atoms with Gasteiger partial charge in [0.05, 0.1) is 6.42 Å². The van der Waals surface area contributed by atoms with E-state index in [1.807, 2.05) is 0 Å². The molecule has 2 nitrogen and oxygen atoms in total. The van der Waals surface area contributed by atoms with Crippen LogP contribution in [0.4, 0.5) is 0 Å². The zero-order valence-electron chi connectivity index (χ0n) is 5.10. The van der Waals surface area contributed by atoms with Crippen molar-refractivity contribution in [3.05, 3.63) is 0 Å². The average Bonchev–Trinajstić information content (AvgIpc) is 1.27. The molecule has 0 aromatic rings. The standard InChI is InChI=1S/C5H8O2.Y/c1-4(6)3-5(2)7;/h3H2,1-2H3;/q;+3. The molecule has 0 bridgehead atoms. The smallest absolute Gasteiger partial charge is 0.300 e. The van der Waals surface area contributed by atoms with Crippen LogP contribution in [0.3, 0.4) is 0 Å². The molecule has 0 aliphatic carbocycles. The monoisotopic (exact) mass is 189 g/mol. The summed E-state index contributed by atoms with van der Waals surface area (Å²) < 4.78 is 0. The van der Waals surface area contributed by atoms with Gasteiger partial charge in [0, 0.05) is 0 Å². The van der Waals surface area contributed by atoms with E-state index in [-0.39, 0.29) is 50.7 Å². The molecule has 0 aliphatic rings. The number of hydrogen-bond donors (Lipinski definition) is 0. The molecule has 0 spiro atoms. The number of carbonyl (C=O) groups excluding carboxylic acids is 2. The van der Waals surface area contributed by atoms with Crippen LogP contribution in [0.1, 0.15) is 20.3 Å². The van der Waals surface area contributed by atoms with E-state index in [4.69, 9.17) is 0 Å². The van der Waals surface area contributed by atoms with Crippen LogP contribution < -0.4 is 0 Å². The predicted octanol–water partition coefficient (Wildman–Crippen LogP) is 0.552. The summed E-state index contributed by atoms with van der Waals surface area (Å²) in [6.45, 7) is 2.81. The molecule has 0 aromatic heterocycles. The van der Waals surface area contributed by atoms with Crippen LogP contribution in [0.25, 0.3) is 0 Å². The maximum atomic E-state index is 10.0. The molecule has 0 aliphatic heterocycles. The fourth-order valence-corrected chi connectivity index (χ4v) is 0.351. The third-order valence-corrected chi connectivity index (χ3v) is 0.498. The molecule has 0 saturated heterocycles. The summed E-state index contributed by atoms with van der Waals surface area (Å²) >= 11 is 0. The van der Waals surface area contributed by atoms with Gasteiger partial charge < -0.3 is 0 Å². The van der Waals surface area contributed by atoms with Crippen LogP contribution in [-0.4, -0.2) is 11.6 Å². The fourth-order valence-electron chi connectivity index (χ4n) is 0.351. The van der Waals surface area contributed by atoms with Crippen LogP contribution in [0, 0.1) is 0 Å². The fraction of sp³-hybridized carbons (Fsp3) is 0.600. The second-order valence-corrected chi connectivity index (χ2v) is 1.58. The van der Waals surface area contributed by atoms with Gasteiger partial charge in [0.15, 0.2) is 0 Å². The van der Waals surface area contributed by atoms with Crippen molar-refractivity contribution in [2.24, 2.45) is 0 Å². The Balaban J connectivity index is 0. The first kappa shape index (κ1) is 11.3. The van der Waals surface area contributed by atoms with Crippen LogP contribution in [0.15, 0.2) is 0 Å². The maximum absolute atomic E-state index is 10.0. The topological polar surface area (TPSA) is 34.1 Å². The maximum Gasteiger partial charge on any atom is 3.00 e. The molecule has 0 rings (SSSR count). The van der Waals surface area contributed by atoms with E-state index in [0.717, 1.165) is 0 Å². The molecule has 0 unspecified atom stereocenters. The van der Waals surface area contributed by atoms with Crippen LogP contribution in [0.2, 0.25) is 0 Å². The molecule has 0 radical (unpaired) electrons. The van der Waals surface area contributed by atoms with Gasteiger partial charge in [-0.2, -0.15) is 0 Å². The van der Waals surface area contributed by atoms with Crippen LogP contribution in [0.5, 0.6) is 0 Å². The normalized spacial score (nSPS) is 7.25. The summed E-state index contributed by atoms with van der Waals surface area (Å²) in [4.78, 5) is 20.1. The van der Waals surface area contributed by atoms with Crippen molar-refractivity contribution >= 4 is 11.6 Å². The minimum atomic E-state index is -0.0625. The SMILES string of the molecule is CC(=O)CC(C)=O.[Y+3]. The molecular weight excluding hydrogens is 181 g/mol. The molecule has 0 aromatic carbocycles. The van der Waals surface area contributed by atoms with Gasteiger partial charge in [-0.25, -0.2) is 0 Å². The van der Waals surface area contributed by atoms with Crippen LogP contribution in [-0.2, 0) is 42.3 Å². The van der Waals surface area contributed by atoms with Crippen molar-refractivity contribution < 1.29 is 42.3 Å². The minimum Gasteiger partial charge on any atom is -0.300 e. The summed E-state index contributed by atoms with van der Waals surface area (Å²) in [7, 11) is 0. The van der Waals surface area contributed by atoms with Gasteiger partial charge in [-0.15, -0.1) is 0 Å². The molecule has 40 valence electrons. The van der Waals surface area contributed by atoms with E-state index in [1.165, 1.54) is 13.8 Å². The Morgan fingerprint density at radius 3 is 1.38 bits per heavy atom. The Hall–Kier alpha value is 0.444. The van der Waals surface area contributed by atoms with E-state index in [2.05, 4.69) is 0 Å². The Kier molecular flexibility index (Phi) is 7.86. The van der Waals surface area contributed by atoms with Crippen molar-refractivity contribution in [1.82, 2.24) is 0 Å². The van der Waals surface area contributed by atoms with Gasteiger partial charge in [-0.05, 0) is 13.8 Å². The van der Waals surface area contributed by atoms with E-state index < -0.39 is 0 Å². The van der Waals surface area contributed by atoms with Crippen molar-refractivity contribution in [1.29, 1.82) is 0 Å². The third-order valence-electron chi connectivity index (χ3n) is 0.498. The zero-order chi connectivity index (χ0) is 5.86. The van der Waals surface area contributed by atoms with Gasteiger partial charge in [0.1, 0.15) is 11.6 Å². The Morgan fingerprint density at radius 2 is 1.38 bits per heavy atom. The summed E-state index contributed by atoms with van der Waals surface area (Å²) in [5.41, 5.74) is 0. The average molecular weight is 189 g/mol. The molecule has 8 heavy (non-hydrogen) atoms. The molecule has 3 heteroatoms. The second-order valence-electron chi connectivity index (χ2n) is 1.58. The largest absolute Gasteiger partial charge is 3.00 e. The van der Waals surface area contributed by atoms with E-state index in [1.54, 1.807) is 0 Å². The number of ketones is 2. The molecule has 0 N–H and O–H groups in total. The third kappa shape index (κ3) is 9.67. The van der Waals surface area contributed by atoms with Gasteiger partial charge >= 0.3 is 32.7 Å². The second kappa shape index (κ2) is 5.58. The van der Waals surface area contributed by atoms with Gasteiger partial charge in [0.25, 0.3) is 0 Å². The molecular formula is C5H8O2Y+3. The Morgan fingerprint density at radius 1 is 1.12 bits per heavy atom. The molecule has 0 fully saturated rings. The van der Waals surface area contributed by atoms with Crippen LogP contribution >= 0.6 is 0 Å². The van der Waals surface area contributed by atoms with E-state index in [0.29, 0.717) is 0 Å². The Labute approximate surface area is 73.9 Å². The summed E-state index contributed by atoms with van der Waals surface area (Å²) in [5.74, 6) is -0.125. The molecule has 0 amide bonds. The van der Waals surface area contributed by atoms with Gasteiger partial charge in [-0.1, -0.05) is 0 Å². The van der Waals surface area contributed by atoms with E-state index >= 15 is 0 Å². The minimum absolute atomic E-state index is 0. The number of hydrogen-bond acceptors (Lipinski definition) is 2. The molecule has 0 atom stereocenters. The predicted molar refractivity (Wildman–Crippen MR) is 26.0 cm³/mol. The van der Waals surface area contributed by atoms with Gasteiger partial charge in [0.2, 0.25) is 0 Å². The zero-order valence-corrected chi connectivity index (χ0v) is 7.94. The molecule has 0 heterocycles. The first-order valence-corrected chi connectivity index (χ1v) is 2.12. The summed E-state index contributed by atoms with van der Waals surface area (Å²) in [6, 6.07) is 0. The van der Waals surface area contributed by atoms with Crippen molar-refractivity contribution in [3.63, 3.8) is 0 Å². The first-order valence-electron chi connectivity index (χ1n) is 2.12. The van der Waals surface area contributed by atoms with E-state index in [9.17, 15) is 9.59 Å². The summed E-state index contributed by atoms with van der Waals surface area (Å²) in [6.07, 6.45) is 0.0833. The molecule has 0 saturated carbocycles. The quantitative estimate of drug-likeness (QED) is 0.594. The van der Waals surface area contributed by atoms with Crippen molar-refractivity contribution in [2.75, 3.05) is 0 Å². The number of Topliss-reactive ketones (excluding diaryl/α,β-unsaturated/α-hetero) is 2. The first-order chi connectivity index (χ1) is 3.13. The van der Waals surface area contributed by atoms with Crippen molar-refractivity contribution in [3.8, 4) is 0 Å². The number of rotatable bonds is 2. The van der Waals surface area contributed by atoms with Crippen molar-refractivity contribution in [2.45, 2.75) is 20.3 Å². The number of carbonyl (C=O) groups is 2. The summed E-state index contributed by atoms with van der Waals surface area (Å²) in [5, 5.41) is 0. The Bertz CT molecular complexity index is 86.6. The van der Waals surface area contributed by atoms with Gasteiger partial charge in [-0.3, -0.25) is 9.59 Å².